The van der Waals surface area contributed by atoms with Crippen molar-refractivity contribution in [2.45, 2.75) is 6.18 Å². The van der Waals surface area contributed by atoms with E-state index in [4.69, 9.17) is 4.74 Å². The Morgan fingerprint density at radius 3 is 2.16 bits per heavy atom. The van der Waals surface area contributed by atoms with Gasteiger partial charge in [-0.15, -0.1) is 0 Å². The molecule has 0 aliphatic carbocycles. The van der Waals surface area contributed by atoms with Crippen LogP contribution in [0.1, 0.15) is 5.56 Å². The van der Waals surface area contributed by atoms with Crippen LogP contribution in [-0.4, -0.2) is 26.2 Å². The van der Waals surface area contributed by atoms with Crippen molar-refractivity contribution in [1.29, 1.82) is 0 Å². The van der Waals surface area contributed by atoms with Crippen molar-refractivity contribution in [3.8, 4) is 11.5 Å². The molecular weight excluding hydrogens is 497 g/mol. The molecule has 0 heterocycles. The zero-order valence-electron chi connectivity index (χ0n) is 15.8. The third-order valence-electron chi connectivity index (χ3n) is 3.62. The number of benzene rings is 2. The maximum Gasteiger partial charge on any atom is 0.416 e. The lowest BCUT2D eigenvalue weighted by Gasteiger charge is -2.16. The number of halogens is 6. The Morgan fingerprint density at radius 2 is 1.65 bits per heavy atom. The first-order valence-corrected chi connectivity index (χ1v) is 8.94. The molecular formula is C19H13BrF5NO5. The van der Waals surface area contributed by atoms with Gasteiger partial charge in [0.1, 0.15) is 5.70 Å². The summed E-state index contributed by atoms with van der Waals surface area (Å²) in [4.78, 5) is 23.4. The van der Waals surface area contributed by atoms with Crippen LogP contribution < -0.4 is 10.1 Å². The summed E-state index contributed by atoms with van der Waals surface area (Å²) in [6.45, 7) is 0. The van der Waals surface area contributed by atoms with Crippen LogP contribution in [0.4, 0.5) is 27.6 Å². The normalized spacial score (nSPS) is 11.7. The lowest BCUT2D eigenvalue weighted by Crippen LogP contribution is -2.16. The van der Waals surface area contributed by atoms with Gasteiger partial charge in [-0.25, -0.2) is 18.4 Å². The largest absolute Gasteiger partial charge is 0.466 e. The molecule has 12 heteroatoms. The molecule has 0 saturated heterocycles. The minimum atomic E-state index is -4.96. The van der Waals surface area contributed by atoms with Gasteiger partial charge in [0.25, 0.3) is 0 Å². The number of alkyl halides is 3. The topological polar surface area (TPSA) is 73.9 Å². The van der Waals surface area contributed by atoms with Crippen LogP contribution in [0, 0.1) is 11.6 Å². The maximum atomic E-state index is 14.2. The van der Waals surface area contributed by atoms with Crippen molar-refractivity contribution in [2.75, 3.05) is 19.5 Å². The maximum absolute atomic E-state index is 14.2. The van der Waals surface area contributed by atoms with Crippen molar-refractivity contribution in [3.63, 3.8) is 0 Å². The van der Waals surface area contributed by atoms with Gasteiger partial charge in [-0.2, -0.15) is 13.2 Å². The van der Waals surface area contributed by atoms with Gasteiger partial charge in [0.2, 0.25) is 0 Å². The van der Waals surface area contributed by atoms with E-state index in [0.717, 1.165) is 20.3 Å². The van der Waals surface area contributed by atoms with Gasteiger partial charge in [0, 0.05) is 4.47 Å². The van der Waals surface area contributed by atoms with Gasteiger partial charge in [0.15, 0.2) is 23.1 Å². The fraction of sp³-hybridized carbons (Fsp3) is 0.158. The van der Waals surface area contributed by atoms with Crippen LogP contribution >= 0.6 is 15.9 Å². The Balaban J connectivity index is 2.48. The molecule has 166 valence electrons. The van der Waals surface area contributed by atoms with Crippen LogP contribution in [0.2, 0.25) is 0 Å². The van der Waals surface area contributed by atoms with E-state index < -0.39 is 46.8 Å². The molecule has 0 aromatic heterocycles. The number of ether oxygens (including phenoxy) is 3. The zero-order valence-corrected chi connectivity index (χ0v) is 17.4. The number of carbonyl (C=O) groups excluding carboxylic acids is 2. The number of anilines is 1. The zero-order chi connectivity index (χ0) is 23.3. The lowest BCUT2D eigenvalue weighted by molar-refractivity contribution is -0.138. The molecule has 0 saturated carbocycles. The average molecular weight is 510 g/mol. The number of nitrogens with one attached hydrogen (secondary N) is 1. The molecule has 2 aromatic rings. The second-order valence-electron chi connectivity index (χ2n) is 5.71. The van der Waals surface area contributed by atoms with E-state index >= 15 is 0 Å². The first-order valence-electron chi connectivity index (χ1n) is 8.15. The summed E-state index contributed by atoms with van der Waals surface area (Å²) in [5.74, 6) is -6.48. The van der Waals surface area contributed by atoms with E-state index in [1.807, 2.05) is 0 Å². The lowest BCUT2D eigenvalue weighted by atomic mass is 10.2. The van der Waals surface area contributed by atoms with Gasteiger partial charge in [-0.05, 0) is 30.3 Å². The number of hydrogen-bond donors (Lipinski definition) is 1. The molecule has 0 fully saturated rings. The summed E-state index contributed by atoms with van der Waals surface area (Å²) in [6.07, 6.45) is -4.20. The van der Waals surface area contributed by atoms with E-state index in [2.05, 4.69) is 30.7 Å². The van der Waals surface area contributed by atoms with Gasteiger partial charge in [-0.3, -0.25) is 0 Å². The fourth-order valence-corrected chi connectivity index (χ4v) is 2.53. The predicted molar refractivity (Wildman–Crippen MR) is 101 cm³/mol. The molecule has 0 aliphatic heterocycles. The first kappa shape index (κ1) is 24.1. The van der Waals surface area contributed by atoms with Crippen LogP contribution in [0.5, 0.6) is 11.5 Å². The monoisotopic (exact) mass is 509 g/mol. The molecule has 2 aromatic carbocycles. The summed E-state index contributed by atoms with van der Waals surface area (Å²) in [6, 6.07) is 4.17. The van der Waals surface area contributed by atoms with Gasteiger partial charge < -0.3 is 19.5 Å². The highest BCUT2D eigenvalue weighted by molar-refractivity contribution is 9.10. The molecule has 0 spiro atoms. The first-order chi connectivity index (χ1) is 14.5. The quantitative estimate of drug-likeness (QED) is 0.328. The number of carbonyl (C=O) groups is 2. The highest BCUT2D eigenvalue weighted by Crippen LogP contribution is 2.38. The summed E-state index contributed by atoms with van der Waals surface area (Å²) in [7, 11) is 2.11. The van der Waals surface area contributed by atoms with Crippen LogP contribution in [0.3, 0.4) is 0 Å². The highest BCUT2D eigenvalue weighted by Gasteiger charge is 2.33. The Bertz CT molecular complexity index is 1020. The molecule has 31 heavy (non-hydrogen) atoms. The Hall–Kier alpha value is -3.15. The molecule has 6 nitrogen and oxygen atoms in total. The molecule has 0 atom stereocenters. The van der Waals surface area contributed by atoms with Gasteiger partial charge in [0.05, 0.1) is 31.5 Å². The minimum absolute atomic E-state index is 0.0672. The van der Waals surface area contributed by atoms with Gasteiger partial charge in [-0.1, -0.05) is 15.9 Å². The summed E-state index contributed by atoms with van der Waals surface area (Å²) in [5, 5.41) is 2.50. The predicted octanol–water partition coefficient (Wildman–Crippen LogP) is 5.18. The van der Waals surface area contributed by atoms with E-state index in [9.17, 15) is 31.5 Å². The molecule has 0 amide bonds. The van der Waals surface area contributed by atoms with Crippen LogP contribution in [0.15, 0.2) is 46.6 Å². The molecule has 2 rings (SSSR count). The van der Waals surface area contributed by atoms with Crippen molar-refractivity contribution in [1.82, 2.24) is 0 Å². The van der Waals surface area contributed by atoms with E-state index in [0.29, 0.717) is 4.47 Å². The van der Waals surface area contributed by atoms with E-state index in [-0.39, 0.29) is 23.6 Å². The number of hydrogen-bond acceptors (Lipinski definition) is 6. The van der Waals surface area contributed by atoms with Crippen molar-refractivity contribution < 1.29 is 45.8 Å². The number of rotatable bonds is 6. The molecule has 0 aliphatic rings. The van der Waals surface area contributed by atoms with Crippen LogP contribution in [-0.2, 0) is 25.2 Å². The molecule has 1 N–H and O–H groups in total. The van der Waals surface area contributed by atoms with Crippen LogP contribution in [0.25, 0.3) is 0 Å². The molecule has 0 bridgehead atoms. The number of methoxy groups -OCH3 is 2. The van der Waals surface area contributed by atoms with Crippen molar-refractivity contribution in [3.05, 3.63) is 63.8 Å². The fourth-order valence-electron chi connectivity index (χ4n) is 2.19. The van der Waals surface area contributed by atoms with E-state index in [1.165, 1.54) is 18.2 Å². The van der Waals surface area contributed by atoms with Crippen molar-refractivity contribution >= 4 is 33.6 Å². The second kappa shape index (κ2) is 9.77. The van der Waals surface area contributed by atoms with E-state index in [1.54, 1.807) is 0 Å². The highest BCUT2D eigenvalue weighted by atomic mass is 79.9. The molecule has 0 radical (unpaired) electrons. The number of esters is 2. The summed E-state index contributed by atoms with van der Waals surface area (Å²) >= 11 is 3.12. The van der Waals surface area contributed by atoms with Gasteiger partial charge >= 0.3 is 18.1 Å². The average Bonchev–Trinajstić information content (AvgIpc) is 2.70. The SMILES string of the molecule is COC(=O)/C=C(/Nc1ccc(Br)cc1Oc1c(F)cc(C(F)(F)F)cc1F)C(=O)OC. The standard InChI is InChI=1S/C19H13BrF5NO5/c1-29-16(27)8-14(18(28)30-2)26-13-4-3-10(20)7-15(13)31-17-11(21)5-9(6-12(17)22)19(23,24)25/h3-8,26H,1-2H3/b14-8+. The third-order valence-corrected chi connectivity index (χ3v) is 4.11. The minimum Gasteiger partial charge on any atom is -0.466 e. The Labute approximate surface area is 180 Å². The van der Waals surface area contributed by atoms with Crippen molar-refractivity contribution in [2.24, 2.45) is 0 Å². The third kappa shape index (κ3) is 6.17. The summed E-state index contributed by atoms with van der Waals surface area (Å²) in [5.41, 5.74) is -2.01. The Morgan fingerprint density at radius 1 is 1.03 bits per heavy atom. The smallest absolute Gasteiger partial charge is 0.416 e. The Kier molecular flexibility index (Phi) is 7.60. The second-order valence-corrected chi connectivity index (χ2v) is 6.62. The summed E-state index contributed by atoms with van der Waals surface area (Å²) < 4.78 is 81.1. The molecule has 0 unspecified atom stereocenters.